The number of nitrogen functional groups attached to an aromatic ring is 1. The number of hydrogen-bond donors (Lipinski definition) is 2. The summed E-state index contributed by atoms with van der Waals surface area (Å²) in [5.74, 6) is -0.105. The SMILES string of the molecule is Nc1ccc(Br)nc1N1CC(S(N)(=O)=O)CC1=O. The highest BCUT2D eigenvalue weighted by molar-refractivity contribution is 9.10. The van der Waals surface area contributed by atoms with E-state index in [1.165, 1.54) is 4.90 Å². The molecule has 4 N–H and O–H groups in total. The first-order valence-electron chi connectivity index (χ1n) is 5.03. The van der Waals surface area contributed by atoms with E-state index in [1.807, 2.05) is 0 Å². The number of anilines is 2. The average Bonchev–Trinajstić information content (AvgIpc) is 2.64. The predicted molar refractivity (Wildman–Crippen MR) is 70.2 cm³/mol. The van der Waals surface area contributed by atoms with Crippen LogP contribution in [0.4, 0.5) is 11.5 Å². The fraction of sp³-hybridized carbons (Fsp3) is 0.333. The molecule has 1 aromatic heterocycles. The number of carbonyl (C=O) groups is 1. The van der Waals surface area contributed by atoms with E-state index in [0.29, 0.717) is 10.3 Å². The molecule has 9 heteroatoms. The van der Waals surface area contributed by atoms with Crippen molar-refractivity contribution < 1.29 is 13.2 Å². The summed E-state index contributed by atoms with van der Waals surface area (Å²) >= 11 is 3.17. The summed E-state index contributed by atoms with van der Waals surface area (Å²) in [4.78, 5) is 17.1. The van der Waals surface area contributed by atoms with Crippen LogP contribution in [-0.2, 0) is 14.8 Å². The van der Waals surface area contributed by atoms with Gasteiger partial charge < -0.3 is 5.73 Å². The van der Waals surface area contributed by atoms with Crippen LogP contribution >= 0.6 is 15.9 Å². The van der Waals surface area contributed by atoms with Gasteiger partial charge in [0.05, 0.1) is 5.69 Å². The van der Waals surface area contributed by atoms with Crippen LogP contribution in [-0.4, -0.2) is 31.1 Å². The summed E-state index contributed by atoms with van der Waals surface area (Å²) in [5.41, 5.74) is 6.04. The van der Waals surface area contributed by atoms with Gasteiger partial charge in [0.15, 0.2) is 5.82 Å². The molecule has 18 heavy (non-hydrogen) atoms. The van der Waals surface area contributed by atoms with Gasteiger partial charge in [-0.25, -0.2) is 18.5 Å². The van der Waals surface area contributed by atoms with Gasteiger partial charge in [-0.05, 0) is 28.1 Å². The van der Waals surface area contributed by atoms with Crippen molar-refractivity contribution in [1.82, 2.24) is 4.98 Å². The third-order valence-electron chi connectivity index (χ3n) is 2.68. The first kappa shape index (κ1) is 13.2. The van der Waals surface area contributed by atoms with Crippen molar-refractivity contribution in [2.75, 3.05) is 17.2 Å². The van der Waals surface area contributed by atoms with Gasteiger partial charge in [-0.15, -0.1) is 0 Å². The molecule has 0 spiro atoms. The van der Waals surface area contributed by atoms with E-state index >= 15 is 0 Å². The topological polar surface area (TPSA) is 119 Å². The summed E-state index contributed by atoms with van der Waals surface area (Å²) in [6.45, 7) is -0.0225. The second-order valence-corrected chi connectivity index (χ2v) is 6.62. The van der Waals surface area contributed by atoms with Crippen molar-refractivity contribution >= 4 is 43.4 Å². The van der Waals surface area contributed by atoms with Crippen molar-refractivity contribution in [3.8, 4) is 0 Å². The van der Waals surface area contributed by atoms with Crippen LogP contribution in [0.1, 0.15) is 6.42 Å². The van der Waals surface area contributed by atoms with E-state index in [9.17, 15) is 13.2 Å². The van der Waals surface area contributed by atoms with E-state index < -0.39 is 15.3 Å². The number of sulfonamides is 1. The molecule has 98 valence electrons. The van der Waals surface area contributed by atoms with Crippen LogP contribution in [0.25, 0.3) is 0 Å². The molecular formula is C9H11BrN4O3S. The van der Waals surface area contributed by atoms with Crippen molar-refractivity contribution in [3.05, 3.63) is 16.7 Å². The van der Waals surface area contributed by atoms with Gasteiger partial charge in [0, 0.05) is 13.0 Å². The number of nitrogens with two attached hydrogens (primary N) is 2. The van der Waals surface area contributed by atoms with Crippen LogP contribution in [0.2, 0.25) is 0 Å². The summed E-state index contributed by atoms with van der Waals surface area (Å²) in [6, 6.07) is 3.22. The lowest BCUT2D eigenvalue weighted by atomic mass is 10.3. The molecule has 2 rings (SSSR count). The minimum absolute atomic E-state index is 0.0225. The lowest BCUT2D eigenvalue weighted by Crippen LogP contribution is -2.32. The third kappa shape index (κ3) is 2.47. The zero-order valence-electron chi connectivity index (χ0n) is 9.21. The van der Waals surface area contributed by atoms with E-state index in [2.05, 4.69) is 20.9 Å². The van der Waals surface area contributed by atoms with Crippen LogP contribution in [0.5, 0.6) is 0 Å². The number of amides is 1. The maximum absolute atomic E-state index is 11.8. The number of hydrogen-bond acceptors (Lipinski definition) is 5. The molecule has 0 aromatic carbocycles. The zero-order chi connectivity index (χ0) is 13.5. The smallest absolute Gasteiger partial charge is 0.229 e. The number of pyridine rings is 1. The summed E-state index contributed by atoms with van der Waals surface area (Å²) < 4.78 is 23.0. The number of aromatic nitrogens is 1. The lowest BCUT2D eigenvalue weighted by Gasteiger charge is -2.17. The van der Waals surface area contributed by atoms with Gasteiger partial charge in [-0.2, -0.15) is 0 Å². The van der Waals surface area contributed by atoms with Crippen LogP contribution in [0.3, 0.4) is 0 Å². The van der Waals surface area contributed by atoms with Crippen LogP contribution in [0.15, 0.2) is 16.7 Å². The molecule has 1 amide bonds. The van der Waals surface area contributed by atoms with Gasteiger partial charge in [-0.1, -0.05) is 0 Å². The second-order valence-electron chi connectivity index (χ2n) is 3.97. The number of nitrogens with zero attached hydrogens (tertiary/aromatic N) is 2. The van der Waals surface area contributed by atoms with Gasteiger partial charge in [0.25, 0.3) is 0 Å². The molecule has 1 aromatic rings. The minimum Gasteiger partial charge on any atom is -0.396 e. The standard InChI is InChI=1S/C9H11BrN4O3S/c10-7-2-1-6(11)9(13-7)14-4-5(3-8(14)15)18(12,16)17/h1-2,5H,3-4,11H2,(H2,12,16,17). The molecule has 1 saturated heterocycles. The van der Waals surface area contributed by atoms with Crippen LogP contribution in [0, 0.1) is 0 Å². The van der Waals surface area contributed by atoms with Crippen molar-refractivity contribution in [1.29, 1.82) is 0 Å². The summed E-state index contributed by atoms with van der Waals surface area (Å²) in [5, 5.41) is 4.13. The molecule has 2 heterocycles. The van der Waals surface area contributed by atoms with Crippen molar-refractivity contribution in [2.24, 2.45) is 5.14 Å². The molecule has 0 aliphatic carbocycles. The quantitative estimate of drug-likeness (QED) is 0.727. The molecule has 0 bridgehead atoms. The molecule has 1 unspecified atom stereocenters. The van der Waals surface area contributed by atoms with E-state index in [4.69, 9.17) is 10.9 Å². The maximum Gasteiger partial charge on any atom is 0.229 e. The Morgan fingerprint density at radius 1 is 1.44 bits per heavy atom. The zero-order valence-corrected chi connectivity index (χ0v) is 11.6. The second kappa shape index (κ2) is 4.48. The molecule has 1 fully saturated rings. The molecule has 0 saturated carbocycles. The Bertz CT molecular complexity index is 604. The number of primary sulfonamides is 1. The average molecular weight is 335 g/mol. The molecular weight excluding hydrogens is 324 g/mol. The Morgan fingerprint density at radius 2 is 2.11 bits per heavy atom. The van der Waals surface area contributed by atoms with Gasteiger partial charge in [0.2, 0.25) is 15.9 Å². The Labute approximate surface area is 112 Å². The number of carbonyl (C=O) groups excluding carboxylic acids is 1. The molecule has 1 aliphatic rings. The van der Waals surface area contributed by atoms with E-state index in [-0.39, 0.29) is 24.7 Å². The van der Waals surface area contributed by atoms with Crippen molar-refractivity contribution in [3.63, 3.8) is 0 Å². The largest absolute Gasteiger partial charge is 0.396 e. The fourth-order valence-corrected chi connectivity index (χ4v) is 2.78. The Morgan fingerprint density at radius 3 is 2.67 bits per heavy atom. The highest BCUT2D eigenvalue weighted by Crippen LogP contribution is 2.28. The highest BCUT2D eigenvalue weighted by atomic mass is 79.9. The Balaban J connectivity index is 2.35. The van der Waals surface area contributed by atoms with E-state index in [1.54, 1.807) is 12.1 Å². The van der Waals surface area contributed by atoms with Gasteiger partial charge >= 0.3 is 0 Å². The van der Waals surface area contributed by atoms with E-state index in [0.717, 1.165) is 0 Å². The van der Waals surface area contributed by atoms with Crippen LogP contribution < -0.4 is 15.8 Å². The highest BCUT2D eigenvalue weighted by Gasteiger charge is 2.38. The number of rotatable bonds is 2. The van der Waals surface area contributed by atoms with Gasteiger partial charge in [0.1, 0.15) is 9.85 Å². The summed E-state index contributed by atoms with van der Waals surface area (Å²) in [6.07, 6.45) is -0.146. The number of halogens is 1. The minimum atomic E-state index is -3.74. The lowest BCUT2D eigenvalue weighted by molar-refractivity contribution is -0.117. The monoisotopic (exact) mass is 334 g/mol. The van der Waals surface area contributed by atoms with Gasteiger partial charge in [-0.3, -0.25) is 9.69 Å². The molecule has 1 aliphatic heterocycles. The Hall–Kier alpha value is -1.19. The molecule has 0 radical (unpaired) electrons. The first-order valence-corrected chi connectivity index (χ1v) is 7.43. The fourth-order valence-electron chi connectivity index (χ4n) is 1.75. The summed E-state index contributed by atoms with van der Waals surface area (Å²) in [7, 11) is -3.74. The molecule has 7 nitrogen and oxygen atoms in total. The predicted octanol–water partition coefficient (Wildman–Crippen LogP) is -0.180. The normalized spacial score (nSPS) is 20.4. The Kier molecular flexibility index (Phi) is 3.30. The van der Waals surface area contributed by atoms with Crippen molar-refractivity contribution in [2.45, 2.75) is 11.7 Å². The third-order valence-corrected chi connectivity index (χ3v) is 4.37. The first-order chi connectivity index (χ1) is 8.29. The maximum atomic E-state index is 11.8. The molecule has 1 atom stereocenters.